The first-order chi connectivity index (χ1) is 12.5. The van der Waals surface area contributed by atoms with Crippen LogP contribution in [-0.2, 0) is 11.3 Å². The second-order valence-electron chi connectivity index (χ2n) is 5.99. The van der Waals surface area contributed by atoms with E-state index in [4.69, 9.17) is 11.6 Å². The highest BCUT2D eigenvalue weighted by atomic mass is 35.5. The molecule has 0 spiro atoms. The number of anilines is 1. The number of aromatic nitrogens is 2. The molecule has 1 heterocycles. The summed E-state index contributed by atoms with van der Waals surface area (Å²) in [4.78, 5) is 28.8. The lowest BCUT2D eigenvalue weighted by Gasteiger charge is -2.09. The van der Waals surface area contributed by atoms with Gasteiger partial charge >= 0.3 is 0 Å². The van der Waals surface area contributed by atoms with E-state index in [0.717, 1.165) is 11.6 Å². The third-order valence-electron chi connectivity index (χ3n) is 4.06. The SMILES string of the molecule is Cc1cccc2c(=O)n(CCCC(=O)Nc3ccc(F)cc3Cl)cnc12. The summed E-state index contributed by atoms with van der Waals surface area (Å²) in [6, 6.07) is 9.26. The Morgan fingerprint density at radius 3 is 2.88 bits per heavy atom. The monoisotopic (exact) mass is 373 g/mol. The van der Waals surface area contributed by atoms with Gasteiger partial charge in [-0.2, -0.15) is 0 Å². The van der Waals surface area contributed by atoms with Gasteiger partial charge in [0.05, 0.1) is 27.9 Å². The van der Waals surface area contributed by atoms with Gasteiger partial charge in [0.2, 0.25) is 5.91 Å². The summed E-state index contributed by atoms with van der Waals surface area (Å²) in [5.41, 5.74) is 1.87. The summed E-state index contributed by atoms with van der Waals surface area (Å²) < 4.78 is 14.5. The lowest BCUT2D eigenvalue weighted by molar-refractivity contribution is -0.116. The van der Waals surface area contributed by atoms with E-state index in [2.05, 4.69) is 10.3 Å². The molecule has 7 heteroatoms. The van der Waals surface area contributed by atoms with Crippen molar-refractivity contribution in [3.05, 3.63) is 69.5 Å². The smallest absolute Gasteiger partial charge is 0.261 e. The highest BCUT2D eigenvalue weighted by molar-refractivity contribution is 6.33. The fourth-order valence-electron chi connectivity index (χ4n) is 2.71. The summed E-state index contributed by atoms with van der Waals surface area (Å²) in [6.07, 6.45) is 2.17. The minimum atomic E-state index is -0.466. The molecule has 1 amide bonds. The molecule has 134 valence electrons. The second kappa shape index (κ2) is 7.66. The number of fused-ring (bicyclic) bond motifs is 1. The number of hydrogen-bond acceptors (Lipinski definition) is 3. The summed E-state index contributed by atoms with van der Waals surface area (Å²) in [5, 5.41) is 3.34. The largest absolute Gasteiger partial charge is 0.325 e. The summed E-state index contributed by atoms with van der Waals surface area (Å²) >= 11 is 5.88. The molecule has 0 radical (unpaired) electrons. The number of benzene rings is 2. The Morgan fingerprint density at radius 1 is 1.31 bits per heavy atom. The van der Waals surface area contributed by atoms with Crippen LogP contribution in [0.1, 0.15) is 18.4 Å². The molecule has 0 fully saturated rings. The van der Waals surface area contributed by atoms with Gasteiger partial charge in [0.25, 0.3) is 5.56 Å². The maximum absolute atomic E-state index is 13.0. The van der Waals surface area contributed by atoms with Crippen LogP contribution in [0.3, 0.4) is 0 Å². The molecule has 5 nitrogen and oxygen atoms in total. The summed E-state index contributed by atoms with van der Waals surface area (Å²) in [5.74, 6) is -0.720. The number of para-hydroxylation sites is 1. The van der Waals surface area contributed by atoms with Gasteiger partial charge in [-0.25, -0.2) is 9.37 Å². The molecule has 1 N–H and O–H groups in total. The number of halogens is 2. The average molecular weight is 374 g/mol. The van der Waals surface area contributed by atoms with E-state index in [-0.39, 0.29) is 22.9 Å². The van der Waals surface area contributed by atoms with Crippen LogP contribution in [0.5, 0.6) is 0 Å². The Kier molecular flexibility index (Phi) is 5.32. The molecule has 0 unspecified atom stereocenters. The third-order valence-corrected chi connectivity index (χ3v) is 4.38. The molecule has 3 rings (SSSR count). The van der Waals surface area contributed by atoms with E-state index in [9.17, 15) is 14.0 Å². The zero-order chi connectivity index (χ0) is 18.7. The van der Waals surface area contributed by atoms with E-state index in [1.165, 1.54) is 23.0 Å². The fraction of sp³-hybridized carbons (Fsp3) is 0.211. The number of aryl methyl sites for hydroxylation is 2. The van der Waals surface area contributed by atoms with Crippen LogP contribution in [0, 0.1) is 12.7 Å². The van der Waals surface area contributed by atoms with Gasteiger partial charge in [0.15, 0.2) is 0 Å². The molecule has 0 atom stereocenters. The van der Waals surface area contributed by atoms with Crippen molar-refractivity contribution in [2.45, 2.75) is 26.3 Å². The molecular weight excluding hydrogens is 357 g/mol. The molecular formula is C19H17ClFN3O2. The maximum Gasteiger partial charge on any atom is 0.261 e. The van der Waals surface area contributed by atoms with Gasteiger partial charge in [0.1, 0.15) is 5.82 Å². The molecule has 0 saturated carbocycles. The van der Waals surface area contributed by atoms with Crippen LogP contribution in [0.15, 0.2) is 47.5 Å². The quantitative estimate of drug-likeness (QED) is 0.737. The summed E-state index contributed by atoms with van der Waals surface area (Å²) in [7, 11) is 0. The van der Waals surface area contributed by atoms with Crippen LogP contribution in [0.25, 0.3) is 10.9 Å². The van der Waals surface area contributed by atoms with Gasteiger partial charge in [0, 0.05) is 13.0 Å². The van der Waals surface area contributed by atoms with Crippen molar-refractivity contribution in [2.75, 3.05) is 5.32 Å². The lowest BCUT2D eigenvalue weighted by atomic mass is 10.1. The van der Waals surface area contributed by atoms with Crippen molar-refractivity contribution >= 4 is 34.1 Å². The van der Waals surface area contributed by atoms with Crippen LogP contribution in [-0.4, -0.2) is 15.5 Å². The van der Waals surface area contributed by atoms with Gasteiger partial charge in [-0.3, -0.25) is 14.2 Å². The number of amides is 1. The number of carbonyl (C=O) groups excluding carboxylic acids is 1. The van der Waals surface area contributed by atoms with Crippen LogP contribution < -0.4 is 10.9 Å². The summed E-state index contributed by atoms with van der Waals surface area (Å²) in [6.45, 7) is 2.28. The zero-order valence-corrected chi connectivity index (χ0v) is 14.9. The molecule has 0 bridgehead atoms. The number of hydrogen-bond donors (Lipinski definition) is 1. The molecule has 3 aromatic rings. The van der Waals surface area contributed by atoms with Crippen molar-refractivity contribution in [1.82, 2.24) is 9.55 Å². The highest BCUT2D eigenvalue weighted by Gasteiger charge is 2.09. The molecule has 0 aliphatic rings. The van der Waals surface area contributed by atoms with E-state index in [0.29, 0.717) is 29.6 Å². The van der Waals surface area contributed by atoms with Gasteiger partial charge in [-0.05, 0) is 43.2 Å². The standard InChI is InChI=1S/C19H17ClFN3O2/c1-12-4-2-5-14-18(12)22-11-24(19(14)26)9-3-6-17(25)23-16-8-7-13(21)10-15(16)20/h2,4-5,7-8,10-11H,3,6,9H2,1H3,(H,23,25). The lowest BCUT2D eigenvalue weighted by Crippen LogP contribution is -2.22. The number of nitrogens with zero attached hydrogens (tertiary/aromatic N) is 2. The molecule has 0 aliphatic heterocycles. The van der Waals surface area contributed by atoms with Gasteiger partial charge in [-0.1, -0.05) is 23.7 Å². The van der Waals surface area contributed by atoms with Gasteiger partial charge in [-0.15, -0.1) is 0 Å². The Labute approximate surface area is 154 Å². The minimum absolute atomic E-state index is 0.124. The first kappa shape index (κ1) is 18.1. The predicted molar refractivity (Wildman–Crippen MR) is 100 cm³/mol. The number of nitrogens with one attached hydrogen (secondary N) is 1. The Balaban J connectivity index is 1.63. The van der Waals surface area contributed by atoms with E-state index in [1.807, 2.05) is 19.1 Å². The normalized spacial score (nSPS) is 10.9. The molecule has 2 aromatic carbocycles. The highest BCUT2D eigenvalue weighted by Crippen LogP contribution is 2.22. The number of carbonyl (C=O) groups is 1. The Bertz CT molecular complexity index is 1030. The van der Waals surface area contributed by atoms with Crippen LogP contribution >= 0.6 is 11.6 Å². The van der Waals surface area contributed by atoms with Crippen molar-refractivity contribution in [2.24, 2.45) is 0 Å². The Morgan fingerprint density at radius 2 is 2.12 bits per heavy atom. The zero-order valence-electron chi connectivity index (χ0n) is 14.1. The van der Waals surface area contributed by atoms with E-state index < -0.39 is 5.82 Å². The van der Waals surface area contributed by atoms with Crippen molar-refractivity contribution in [3.63, 3.8) is 0 Å². The fourth-order valence-corrected chi connectivity index (χ4v) is 2.92. The van der Waals surface area contributed by atoms with E-state index >= 15 is 0 Å². The molecule has 0 aliphatic carbocycles. The van der Waals surface area contributed by atoms with Crippen molar-refractivity contribution in [1.29, 1.82) is 0 Å². The second-order valence-corrected chi connectivity index (χ2v) is 6.40. The molecule has 26 heavy (non-hydrogen) atoms. The maximum atomic E-state index is 13.0. The minimum Gasteiger partial charge on any atom is -0.325 e. The predicted octanol–water partition coefficient (Wildman–Crippen LogP) is 3.92. The molecule has 1 aromatic heterocycles. The van der Waals surface area contributed by atoms with E-state index in [1.54, 1.807) is 6.07 Å². The van der Waals surface area contributed by atoms with Gasteiger partial charge < -0.3 is 5.32 Å². The van der Waals surface area contributed by atoms with Crippen LogP contribution in [0.4, 0.5) is 10.1 Å². The topological polar surface area (TPSA) is 64.0 Å². The third kappa shape index (κ3) is 3.91. The first-order valence-electron chi connectivity index (χ1n) is 8.15. The Hall–Kier alpha value is -2.73. The number of rotatable bonds is 5. The van der Waals surface area contributed by atoms with Crippen molar-refractivity contribution < 1.29 is 9.18 Å². The van der Waals surface area contributed by atoms with Crippen LogP contribution in [0.2, 0.25) is 5.02 Å². The van der Waals surface area contributed by atoms with Crippen molar-refractivity contribution in [3.8, 4) is 0 Å². The molecule has 0 saturated heterocycles. The average Bonchev–Trinajstić information content (AvgIpc) is 2.60. The first-order valence-corrected chi connectivity index (χ1v) is 8.53.